The molecule has 0 fully saturated rings. The topological polar surface area (TPSA) is 87.6 Å². The first-order chi connectivity index (χ1) is 8.96. The average Bonchev–Trinajstić information content (AvgIpc) is 2.39. The molecule has 0 heterocycles. The van der Waals surface area contributed by atoms with Gasteiger partial charge in [-0.15, -0.1) is 0 Å². The van der Waals surface area contributed by atoms with Gasteiger partial charge in [0.05, 0.1) is 19.1 Å². The third kappa shape index (κ3) is 3.61. The van der Waals surface area contributed by atoms with Crippen LogP contribution in [0.15, 0.2) is 18.2 Å². The maximum atomic E-state index is 12.0. The highest BCUT2D eigenvalue weighted by Crippen LogP contribution is 2.30. The summed E-state index contributed by atoms with van der Waals surface area (Å²) < 4.78 is 10.4. The van der Waals surface area contributed by atoms with Crippen molar-refractivity contribution >= 4 is 11.7 Å². The number of nitrogen functional groups attached to an aromatic ring is 1. The van der Waals surface area contributed by atoms with E-state index in [0.717, 1.165) is 5.56 Å². The van der Waals surface area contributed by atoms with Crippen LogP contribution in [0.5, 0.6) is 5.75 Å². The molecule has 1 rings (SSSR count). The summed E-state index contributed by atoms with van der Waals surface area (Å²) in [7, 11) is 1.58. The lowest BCUT2D eigenvalue weighted by atomic mass is 9.83. The summed E-state index contributed by atoms with van der Waals surface area (Å²) in [6.07, 6.45) is 0.427. The third-order valence-corrected chi connectivity index (χ3v) is 3.10. The Kier molecular flexibility index (Phi) is 5.18. The van der Waals surface area contributed by atoms with Gasteiger partial charge < -0.3 is 20.9 Å². The molecule has 0 saturated heterocycles. The van der Waals surface area contributed by atoms with Crippen molar-refractivity contribution in [2.24, 2.45) is 11.1 Å². The van der Waals surface area contributed by atoms with Crippen molar-refractivity contribution < 1.29 is 14.3 Å². The van der Waals surface area contributed by atoms with Crippen molar-refractivity contribution in [2.75, 3.05) is 26.0 Å². The molecule has 0 radical (unpaired) electrons. The number of nitrogens with two attached hydrogens (primary N) is 2. The average molecular weight is 266 g/mol. The highest BCUT2D eigenvalue weighted by molar-refractivity contribution is 5.77. The van der Waals surface area contributed by atoms with Crippen LogP contribution < -0.4 is 16.2 Å². The van der Waals surface area contributed by atoms with E-state index in [9.17, 15) is 4.79 Å². The number of carbonyl (C=O) groups is 1. The van der Waals surface area contributed by atoms with Gasteiger partial charge >= 0.3 is 5.97 Å². The number of hydrogen-bond acceptors (Lipinski definition) is 5. The van der Waals surface area contributed by atoms with Crippen molar-refractivity contribution in [3.8, 4) is 5.75 Å². The van der Waals surface area contributed by atoms with Crippen molar-refractivity contribution in [1.29, 1.82) is 0 Å². The molecule has 19 heavy (non-hydrogen) atoms. The smallest absolute Gasteiger partial charge is 0.313 e. The summed E-state index contributed by atoms with van der Waals surface area (Å²) in [5.74, 6) is 0.389. The Bertz CT molecular complexity index is 448. The summed E-state index contributed by atoms with van der Waals surface area (Å²) in [6.45, 7) is 4.09. The number of ether oxygens (including phenoxy) is 2. The monoisotopic (exact) mass is 266 g/mol. The first-order valence-electron chi connectivity index (χ1n) is 6.26. The van der Waals surface area contributed by atoms with Crippen LogP contribution in [0.1, 0.15) is 19.4 Å². The zero-order chi connectivity index (χ0) is 14.5. The fraction of sp³-hybridized carbons (Fsp3) is 0.500. The van der Waals surface area contributed by atoms with Gasteiger partial charge in [0, 0.05) is 12.2 Å². The van der Waals surface area contributed by atoms with E-state index in [2.05, 4.69) is 0 Å². The van der Waals surface area contributed by atoms with Gasteiger partial charge in [-0.2, -0.15) is 0 Å². The van der Waals surface area contributed by atoms with Crippen LogP contribution in [-0.4, -0.2) is 26.2 Å². The molecule has 5 nitrogen and oxygen atoms in total. The SMILES string of the molecule is CCOC(=O)C(C)(CN)Cc1cc(N)ccc1OC. The van der Waals surface area contributed by atoms with Crippen LogP contribution in [0.3, 0.4) is 0 Å². The number of benzene rings is 1. The molecule has 106 valence electrons. The lowest BCUT2D eigenvalue weighted by Gasteiger charge is -2.26. The van der Waals surface area contributed by atoms with Gasteiger partial charge in [0.25, 0.3) is 0 Å². The van der Waals surface area contributed by atoms with E-state index in [-0.39, 0.29) is 12.5 Å². The lowest BCUT2D eigenvalue weighted by Crippen LogP contribution is -2.39. The highest BCUT2D eigenvalue weighted by atomic mass is 16.5. The number of methoxy groups -OCH3 is 1. The number of carbonyl (C=O) groups excluding carboxylic acids is 1. The van der Waals surface area contributed by atoms with Gasteiger partial charge in [-0.3, -0.25) is 4.79 Å². The second-order valence-electron chi connectivity index (χ2n) is 4.73. The van der Waals surface area contributed by atoms with Crippen LogP contribution in [0.4, 0.5) is 5.69 Å². The van der Waals surface area contributed by atoms with Crippen LogP contribution in [0.2, 0.25) is 0 Å². The molecule has 0 bridgehead atoms. The molecule has 1 aromatic carbocycles. The molecule has 0 saturated carbocycles. The van der Waals surface area contributed by atoms with E-state index in [1.54, 1.807) is 39.2 Å². The predicted molar refractivity (Wildman–Crippen MR) is 74.9 cm³/mol. The maximum Gasteiger partial charge on any atom is 0.313 e. The summed E-state index contributed by atoms with van der Waals surface area (Å²) in [4.78, 5) is 12.0. The lowest BCUT2D eigenvalue weighted by molar-refractivity contribution is -0.153. The van der Waals surface area contributed by atoms with Crippen LogP contribution in [0, 0.1) is 5.41 Å². The van der Waals surface area contributed by atoms with Gasteiger partial charge in [-0.25, -0.2) is 0 Å². The summed E-state index contributed by atoms with van der Waals surface area (Å²) >= 11 is 0. The van der Waals surface area contributed by atoms with Gasteiger partial charge in [0.15, 0.2) is 0 Å². The zero-order valence-electron chi connectivity index (χ0n) is 11.7. The molecule has 0 aliphatic carbocycles. The van der Waals surface area contributed by atoms with Crippen molar-refractivity contribution in [3.05, 3.63) is 23.8 Å². The fourth-order valence-corrected chi connectivity index (χ4v) is 1.89. The molecule has 0 aromatic heterocycles. The molecular formula is C14H22N2O3. The number of hydrogen-bond donors (Lipinski definition) is 2. The molecule has 1 atom stereocenters. The number of rotatable bonds is 6. The predicted octanol–water partition coefficient (Wildman–Crippen LogP) is 1.35. The van der Waals surface area contributed by atoms with Crippen LogP contribution in [-0.2, 0) is 16.0 Å². The molecule has 4 N–H and O–H groups in total. The molecule has 1 aromatic rings. The Morgan fingerprint density at radius 2 is 2.11 bits per heavy atom. The molecule has 5 heteroatoms. The number of anilines is 1. The second-order valence-corrected chi connectivity index (χ2v) is 4.73. The molecule has 0 spiro atoms. The zero-order valence-corrected chi connectivity index (χ0v) is 11.7. The summed E-state index contributed by atoms with van der Waals surface area (Å²) in [6, 6.07) is 5.34. The molecule has 1 unspecified atom stereocenters. The quantitative estimate of drug-likeness (QED) is 0.599. The largest absolute Gasteiger partial charge is 0.496 e. The van der Waals surface area contributed by atoms with Gasteiger partial charge in [0.2, 0.25) is 0 Å². The minimum atomic E-state index is -0.781. The first kappa shape index (κ1) is 15.3. The third-order valence-electron chi connectivity index (χ3n) is 3.10. The fourth-order valence-electron chi connectivity index (χ4n) is 1.89. The van der Waals surface area contributed by atoms with Crippen LogP contribution in [0.25, 0.3) is 0 Å². The normalized spacial score (nSPS) is 13.7. The van der Waals surface area contributed by atoms with E-state index in [1.807, 2.05) is 0 Å². The van der Waals surface area contributed by atoms with E-state index in [0.29, 0.717) is 24.5 Å². The summed E-state index contributed by atoms with van der Waals surface area (Å²) in [5.41, 5.74) is 12.2. The van der Waals surface area contributed by atoms with Gasteiger partial charge in [-0.05, 0) is 44.0 Å². The standard InChI is InChI=1S/C14H22N2O3/c1-4-19-13(17)14(2,9-15)8-10-7-11(16)5-6-12(10)18-3/h5-7H,4,8-9,15-16H2,1-3H3. The summed E-state index contributed by atoms with van der Waals surface area (Å²) in [5, 5.41) is 0. The first-order valence-corrected chi connectivity index (χ1v) is 6.26. The molecule has 0 aliphatic heterocycles. The Balaban J connectivity index is 3.03. The van der Waals surface area contributed by atoms with E-state index < -0.39 is 5.41 Å². The Labute approximate surface area is 113 Å². The Morgan fingerprint density at radius 3 is 2.63 bits per heavy atom. The van der Waals surface area contributed by atoms with Crippen molar-refractivity contribution in [3.63, 3.8) is 0 Å². The Hall–Kier alpha value is -1.75. The van der Waals surface area contributed by atoms with Crippen LogP contribution >= 0.6 is 0 Å². The van der Waals surface area contributed by atoms with E-state index in [1.165, 1.54) is 0 Å². The van der Waals surface area contributed by atoms with Gasteiger partial charge in [-0.1, -0.05) is 0 Å². The molecule has 0 amide bonds. The number of esters is 1. The van der Waals surface area contributed by atoms with Crippen molar-refractivity contribution in [2.45, 2.75) is 20.3 Å². The highest BCUT2D eigenvalue weighted by Gasteiger charge is 2.34. The Morgan fingerprint density at radius 1 is 1.42 bits per heavy atom. The molecular weight excluding hydrogens is 244 g/mol. The van der Waals surface area contributed by atoms with Crippen molar-refractivity contribution in [1.82, 2.24) is 0 Å². The second kappa shape index (κ2) is 6.43. The minimum Gasteiger partial charge on any atom is -0.496 e. The van der Waals surface area contributed by atoms with E-state index >= 15 is 0 Å². The van der Waals surface area contributed by atoms with E-state index in [4.69, 9.17) is 20.9 Å². The molecule has 0 aliphatic rings. The minimum absolute atomic E-state index is 0.198. The van der Waals surface area contributed by atoms with Gasteiger partial charge in [0.1, 0.15) is 5.75 Å². The maximum absolute atomic E-state index is 12.0.